The molecule has 1 aliphatic heterocycles. The van der Waals surface area contributed by atoms with Gasteiger partial charge in [0.1, 0.15) is 11.5 Å². The van der Waals surface area contributed by atoms with Crippen molar-refractivity contribution >= 4 is 45.6 Å². The van der Waals surface area contributed by atoms with Crippen molar-refractivity contribution in [3.05, 3.63) is 52.4 Å². The van der Waals surface area contributed by atoms with Gasteiger partial charge < -0.3 is 15.2 Å². The Morgan fingerprint density at radius 1 is 1.33 bits per heavy atom. The van der Waals surface area contributed by atoms with Crippen molar-refractivity contribution in [2.75, 3.05) is 18.4 Å². The molecule has 6 nitrogen and oxygen atoms in total. The smallest absolute Gasteiger partial charge is 0.228 e. The summed E-state index contributed by atoms with van der Waals surface area (Å²) in [6.45, 7) is 3.44. The van der Waals surface area contributed by atoms with Crippen LogP contribution in [0.5, 0.6) is 0 Å². The fraction of sp³-hybridized carbons (Fsp3) is 0.348. The summed E-state index contributed by atoms with van der Waals surface area (Å²) in [7, 11) is 0. The van der Waals surface area contributed by atoms with E-state index in [0.717, 1.165) is 34.3 Å². The van der Waals surface area contributed by atoms with Crippen LogP contribution in [0.4, 0.5) is 5.82 Å². The van der Waals surface area contributed by atoms with Gasteiger partial charge in [-0.1, -0.05) is 19.1 Å². The van der Waals surface area contributed by atoms with Gasteiger partial charge in [-0.25, -0.2) is 4.98 Å². The van der Waals surface area contributed by atoms with Gasteiger partial charge in [-0.15, -0.1) is 11.3 Å². The summed E-state index contributed by atoms with van der Waals surface area (Å²) >= 11 is 1.62. The van der Waals surface area contributed by atoms with Gasteiger partial charge in [-0.2, -0.15) is 0 Å². The van der Waals surface area contributed by atoms with Crippen LogP contribution in [-0.2, 0) is 16.0 Å². The van der Waals surface area contributed by atoms with E-state index in [-0.39, 0.29) is 23.7 Å². The molecular weight excluding hydrogens is 396 g/mol. The first-order valence-corrected chi connectivity index (χ1v) is 11.3. The van der Waals surface area contributed by atoms with Crippen molar-refractivity contribution < 1.29 is 9.59 Å². The summed E-state index contributed by atoms with van der Waals surface area (Å²) in [5, 5.41) is 6.01. The number of anilines is 1. The predicted molar refractivity (Wildman–Crippen MR) is 119 cm³/mol. The van der Waals surface area contributed by atoms with Crippen molar-refractivity contribution in [2.45, 2.75) is 26.2 Å². The quantitative estimate of drug-likeness (QED) is 0.653. The number of fused-ring (bicyclic) bond motifs is 1. The normalized spacial score (nSPS) is 19.0. The number of pyridine rings is 1. The molecule has 154 valence electrons. The Labute approximate surface area is 179 Å². The molecule has 1 atom stereocenters. The lowest BCUT2D eigenvalue weighted by Crippen LogP contribution is -2.39. The van der Waals surface area contributed by atoms with Gasteiger partial charge in [-0.05, 0) is 53.5 Å². The number of nitrogens with zero attached hydrogens (tertiary/aromatic N) is 2. The van der Waals surface area contributed by atoms with Crippen molar-refractivity contribution in [1.82, 2.24) is 14.9 Å². The van der Waals surface area contributed by atoms with Crippen LogP contribution in [0.25, 0.3) is 16.6 Å². The summed E-state index contributed by atoms with van der Waals surface area (Å²) in [5.74, 6) is 1.12. The Morgan fingerprint density at radius 3 is 2.93 bits per heavy atom. The Balaban J connectivity index is 1.40. The topological polar surface area (TPSA) is 78.1 Å². The number of hydrogen-bond acceptors (Lipinski definition) is 4. The molecule has 1 unspecified atom stereocenters. The fourth-order valence-corrected chi connectivity index (χ4v) is 4.78. The minimum atomic E-state index is 0.0513. The monoisotopic (exact) mass is 420 g/mol. The Bertz CT molecular complexity index is 1130. The summed E-state index contributed by atoms with van der Waals surface area (Å²) in [6.07, 6.45) is 6.40. The second kappa shape index (κ2) is 7.72. The van der Waals surface area contributed by atoms with Gasteiger partial charge in [0.2, 0.25) is 11.8 Å². The first kappa shape index (κ1) is 19.1. The Kier molecular flexibility index (Phi) is 4.90. The highest BCUT2D eigenvalue weighted by molar-refractivity contribution is 7.10. The number of thiophene rings is 1. The molecule has 1 fully saturated rings. The number of rotatable bonds is 5. The van der Waals surface area contributed by atoms with Gasteiger partial charge in [0.25, 0.3) is 0 Å². The van der Waals surface area contributed by atoms with E-state index in [9.17, 15) is 9.59 Å². The summed E-state index contributed by atoms with van der Waals surface area (Å²) in [4.78, 5) is 35.7. The SMILES string of the molecule is CC1CN(C(=O)Cc2cccs2)CC=C1c1cc(NC(=O)C2CC2)nc2[nH]ccc12. The standard InChI is InChI=1S/C23H24N4O2S/c1-14-13-27(21(28)11-16-3-2-10-30-16)9-7-17(14)19-12-20(26-23(29)15-4-5-15)25-22-18(19)6-8-24-22/h2-3,6-8,10,12,14-15H,4-5,9,11,13H2,1H3,(H2,24,25,26,29). The molecule has 2 amide bonds. The molecule has 7 heteroatoms. The maximum atomic E-state index is 12.7. The van der Waals surface area contributed by atoms with Crippen LogP contribution in [0.15, 0.2) is 41.9 Å². The average molecular weight is 421 g/mol. The van der Waals surface area contributed by atoms with Crippen LogP contribution in [0.2, 0.25) is 0 Å². The van der Waals surface area contributed by atoms with Crippen molar-refractivity contribution in [1.29, 1.82) is 0 Å². The van der Waals surface area contributed by atoms with Crippen LogP contribution in [0, 0.1) is 11.8 Å². The van der Waals surface area contributed by atoms with E-state index in [4.69, 9.17) is 0 Å². The van der Waals surface area contributed by atoms with Crippen LogP contribution < -0.4 is 5.32 Å². The third-order valence-electron chi connectivity index (χ3n) is 5.85. The van der Waals surface area contributed by atoms with Gasteiger partial charge in [0, 0.05) is 35.5 Å². The number of carbonyl (C=O) groups excluding carboxylic acids is 2. The Morgan fingerprint density at radius 2 is 2.20 bits per heavy atom. The lowest BCUT2D eigenvalue weighted by atomic mass is 9.89. The molecule has 1 saturated carbocycles. The largest absolute Gasteiger partial charge is 0.346 e. The molecule has 0 bridgehead atoms. The molecular formula is C23H24N4O2S. The number of H-pyrrole nitrogens is 1. The van der Waals surface area contributed by atoms with Crippen LogP contribution in [0.1, 0.15) is 30.2 Å². The molecule has 30 heavy (non-hydrogen) atoms. The summed E-state index contributed by atoms with van der Waals surface area (Å²) < 4.78 is 0. The molecule has 3 aromatic heterocycles. The van der Waals surface area contributed by atoms with Crippen LogP contribution >= 0.6 is 11.3 Å². The summed E-state index contributed by atoms with van der Waals surface area (Å²) in [5.41, 5.74) is 3.04. The second-order valence-corrected chi connectivity index (χ2v) is 9.21. The molecule has 2 aliphatic rings. The fourth-order valence-electron chi connectivity index (χ4n) is 4.08. The lowest BCUT2D eigenvalue weighted by molar-refractivity contribution is -0.130. The first-order chi connectivity index (χ1) is 14.6. The highest BCUT2D eigenvalue weighted by Crippen LogP contribution is 2.35. The number of aromatic amines is 1. The number of amides is 2. The minimum Gasteiger partial charge on any atom is -0.346 e. The van der Waals surface area contributed by atoms with Crippen molar-refractivity contribution in [3.8, 4) is 0 Å². The van der Waals surface area contributed by atoms with Crippen molar-refractivity contribution in [2.24, 2.45) is 11.8 Å². The van der Waals surface area contributed by atoms with E-state index < -0.39 is 0 Å². The number of aromatic nitrogens is 2. The number of nitrogens with one attached hydrogen (secondary N) is 2. The van der Waals surface area contributed by atoms with E-state index in [0.29, 0.717) is 25.3 Å². The molecule has 2 N–H and O–H groups in total. The first-order valence-electron chi connectivity index (χ1n) is 10.4. The molecule has 0 saturated heterocycles. The maximum Gasteiger partial charge on any atom is 0.228 e. The van der Waals surface area contributed by atoms with Gasteiger partial charge in [0.15, 0.2) is 0 Å². The molecule has 0 spiro atoms. The Hall–Kier alpha value is -2.93. The van der Waals surface area contributed by atoms with E-state index in [1.165, 1.54) is 5.57 Å². The second-order valence-electron chi connectivity index (χ2n) is 8.17. The van der Waals surface area contributed by atoms with Crippen molar-refractivity contribution in [3.63, 3.8) is 0 Å². The van der Waals surface area contributed by atoms with Gasteiger partial charge in [0.05, 0.1) is 6.42 Å². The minimum absolute atomic E-state index is 0.0513. The number of hydrogen-bond donors (Lipinski definition) is 2. The lowest BCUT2D eigenvalue weighted by Gasteiger charge is -2.31. The zero-order chi connectivity index (χ0) is 20.7. The average Bonchev–Trinajstić information content (AvgIpc) is 3.26. The van der Waals surface area contributed by atoms with E-state index in [1.807, 2.05) is 40.7 Å². The molecule has 1 aliphatic carbocycles. The van der Waals surface area contributed by atoms with Gasteiger partial charge >= 0.3 is 0 Å². The number of carbonyl (C=O) groups is 2. The zero-order valence-corrected chi connectivity index (χ0v) is 17.7. The van der Waals surface area contributed by atoms with Gasteiger partial charge in [-0.3, -0.25) is 9.59 Å². The molecule has 5 rings (SSSR count). The van der Waals surface area contributed by atoms with E-state index in [2.05, 4.69) is 28.3 Å². The summed E-state index contributed by atoms with van der Waals surface area (Å²) in [6, 6.07) is 7.98. The maximum absolute atomic E-state index is 12.7. The van der Waals surface area contributed by atoms with Crippen LogP contribution in [-0.4, -0.2) is 39.8 Å². The highest BCUT2D eigenvalue weighted by Gasteiger charge is 2.30. The molecule has 4 heterocycles. The molecule has 3 aromatic rings. The third kappa shape index (κ3) is 3.77. The van der Waals surface area contributed by atoms with E-state index in [1.54, 1.807) is 11.3 Å². The predicted octanol–water partition coefficient (Wildman–Crippen LogP) is 4.08. The van der Waals surface area contributed by atoms with E-state index >= 15 is 0 Å². The molecule has 0 aromatic carbocycles. The van der Waals surface area contributed by atoms with Crippen LogP contribution in [0.3, 0.4) is 0 Å². The highest BCUT2D eigenvalue weighted by atomic mass is 32.1. The molecule has 0 radical (unpaired) electrons. The zero-order valence-electron chi connectivity index (χ0n) is 16.9. The third-order valence-corrected chi connectivity index (χ3v) is 6.73.